The van der Waals surface area contributed by atoms with Crippen LogP contribution in [0, 0.1) is 0 Å². The summed E-state index contributed by atoms with van der Waals surface area (Å²) in [7, 11) is -4.93. The maximum Gasteiger partial charge on any atom is 0.442 e. The van der Waals surface area contributed by atoms with Crippen molar-refractivity contribution in [1.82, 2.24) is 4.47 Å². The van der Waals surface area contributed by atoms with Crippen molar-refractivity contribution in [1.29, 1.82) is 0 Å². The minimum Gasteiger partial charge on any atom is -0.527 e. The van der Waals surface area contributed by atoms with Crippen molar-refractivity contribution in [2.75, 3.05) is 13.2 Å². The Morgan fingerprint density at radius 3 is 1.81 bits per heavy atom. The molecule has 146 valence electrons. The molecule has 0 saturated heterocycles. The number of carbonyl (C=O) groups is 1. The van der Waals surface area contributed by atoms with Gasteiger partial charge in [0.05, 0.1) is 13.2 Å². The van der Waals surface area contributed by atoms with Crippen LogP contribution in [-0.2, 0) is 10.3 Å². The summed E-state index contributed by atoms with van der Waals surface area (Å²) in [5, 5.41) is 11.4. The Kier molecular flexibility index (Phi) is 6.72. The van der Waals surface area contributed by atoms with E-state index < -0.39 is 20.9 Å². The molecule has 0 saturated carbocycles. The van der Waals surface area contributed by atoms with Crippen LogP contribution in [0.4, 0.5) is 4.79 Å². The highest BCUT2D eigenvalue weighted by Crippen LogP contribution is 2.31. The first-order chi connectivity index (χ1) is 12.9. The van der Waals surface area contributed by atoms with E-state index in [1.54, 1.807) is 26.0 Å². The van der Waals surface area contributed by atoms with E-state index in [1.165, 1.54) is 36.4 Å². The molecular weight excluding hydrogens is 378 g/mol. The third-order valence-corrected chi connectivity index (χ3v) is 4.05. The van der Waals surface area contributed by atoms with E-state index in [1.807, 2.05) is 0 Å². The Morgan fingerprint density at radius 1 is 0.889 bits per heavy atom. The van der Waals surface area contributed by atoms with Crippen molar-refractivity contribution in [3.63, 3.8) is 0 Å². The Labute approximate surface area is 156 Å². The van der Waals surface area contributed by atoms with Gasteiger partial charge in [-0.3, -0.25) is 0 Å². The summed E-state index contributed by atoms with van der Waals surface area (Å²) in [6, 6.07) is 11.9. The quantitative estimate of drug-likeness (QED) is 0.589. The monoisotopic (exact) mass is 396 g/mol. The zero-order chi connectivity index (χ0) is 19.9. The van der Waals surface area contributed by atoms with Crippen LogP contribution in [0.1, 0.15) is 13.8 Å². The lowest BCUT2D eigenvalue weighted by Gasteiger charge is -2.24. The molecule has 0 spiro atoms. The van der Waals surface area contributed by atoms with Crippen molar-refractivity contribution in [3.8, 4) is 23.0 Å². The predicted octanol–water partition coefficient (Wildman–Crippen LogP) is 1.75. The van der Waals surface area contributed by atoms with E-state index in [-0.39, 0.29) is 36.2 Å². The number of hydroxylamine groups is 1. The van der Waals surface area contributed by atoms with Crippen LogP contribution >= 0.6 is 0 Å². The van der Waals surface area contributed by atoms with Crippen LogP contribution in [0.3, 0.4) is 0 Å². The number of carboxylic acid groups (broad SMARTS) is 1. The smallest absolute Gasteiger partial charge is 0.442 e. The van der Waals surface area contributed by atoms with Crippen LogP contribution in [-0.4, -0.2) is 32.2 Å². The zero-order valence-electron chi connectivity index (χ0n) is 14.7. The van der Waals surface area contributed by atoms with Gasteiger partial charge in [0, 0.05) is 0 Å². The lowest BCUT2D eigenvalue weighted by atomic mass is 10.3. The molecular formula is C17H18NO8S-. The summed E-state index contributed by atoms with van der Waals surface area (Å²) in [5.74, 6) is -0.0751. The fourth-order valence-electron chi connectivity index (χ4n) is 2.00. The van der Waals surface area contributed by atoms with Gasteiger partial charge in [-0.15, -0.1) is 0 Å². The largest absolute Gasteiger partial charge is 0.527 e. The van der Waals surface area contributed by atoms with Crippen molar-refractivity contribution in [3.05, 3.63) is 48.5 Å². The third kappa shape index (κ3) is 5.17. The topological polar surface area (TPSA) is 114 Å². The number of benzene rings is 2. The van der Waals surface area contributed by atoms with Gasteiger partial charge in [0.15, 0.2) is 29.1 Å². The summed E-state index contributed by atoms with van der Waals surface area (Å²) in [6.07, 6.45) is -2.14. The first-order valence-electron chi connectivity index (χ1n) is 7.96. The minimum atomic E-state index is -4.93. The van der Waals surface area contributed by atoms with Crippen molar-refractivity contribution < 1.29 is 36.8 Å². The summed E-state index contributed by atoms with van der Waals surface area (Å²) in [6.45, 7) is 3.92. The van der Waals surface area contributed by atoms with Gasteiger partial charge >= 0.3 is 10.3 Å². The van der Waals surface area contributed by atoms with Gasteiger partial charge in [0.25, 0.3) is 0 Å². The van der Waals surface area contributed by atoms with Crippen LogP contribution in [0.15, 0.2) is 48.5 Å². The Balaban J connectivity index is 2.32. The van der Waals surface area contributed by atoms with Gasteiger partial charge in [-0.05, 0) is 42.6 Å². The highest BCUT2D eigenvalue weighted by molar-refractivity contribution is 7.85. The third-order valence-electron chi connectivity index (χ3n) is 3.03. The second kappa shape index (κ2) is 8.99. The summed E-state index contributed by atoms with van der Waals surface area (Å²) in [5.41, 5.74) is 0. The number of amides is 1. The van der Waals surface area contributed by atoms with Crippen LogP contribution < -0.4 is 23.6 Å². The van der Waals surface area contributed by atoms with Gasteiger partial charge in [-0.1, -0.05) is 24.3 Å². The molecule has 2 aromatic carbocycles. The minimum absolute atomic E-state index is 0.122. The summed E-state index contributed by atoms with van der Waals surface area (Å²) in [4.78, 5) is 16.4. The normalized spacial score (nSPS) is 10.7. The molecule has 10 heteroatoms. The average molecular weight is 396 g/mol. The molecule has 9 nitrogen and oxygen atoms in total. The number of ether oxygens (including phenoxy) is 2. The molecule has 0 atom stereocenters. The molecule has 2 rings (SSSR count). The van der Waals surface area contributed by atoms with E-state index in [2.05, 4.69) is 0 Å². The molecule has 0 N–H and O–H groups in total. The fourth-order valence-corrected chi connectivity index (χ4v) is 2.79. The second-order valence-corrected chi connectivity index (χ2v) is 6.24. The number of hydrogen-bond donors (Lipinski definition) is 0. The molecule has 1 amide bonds. The van der Waals surface area contributed by atoms with E-state index in [9.17, 15) is 18.3 Å². The average Bonchev–Trinajstić information content (AvgIpc) is 2.62. The molecule has 0 aliphatic carbocycles. The predicted molar refractivity (Wildman–Crippen MR) is 92.6 cm³/mol. The highest BCUT2D eigenvalue weighted by Gasteiger charge is 2.29. The second-order valence-electron chi connectivity index (χ2n) is 4.88. The standard InChI is InChI=1S/C17H19NO8S/c1-3-23-13-9-5-7-11-15(13)25-18(17(19)20)27(21,22)26-16-12-8-6-10-14(16)24-4-2/h5-12H,3-4H2,1-2H3,(H,19,20)/p-1. The van der Waals surface area contributed by atoms with E-state index in [4.69, 9.17) is 18.5 Å². The Bertz CT molecular complexity index is 884. The molecule has 0 bridgehead atoms. The molecule has 2 aromatic rings. The van der Waals surface area contributed by atoms with Crippen LogP contribution in [0.2, 0.25) is 0 Å². The van der Waals surface area contributed by atoms with E-state index in [0.29, 0.717) is 0 Å². The molecule has 27 heavy (non-hydrogen) atoms. The molecule has 0 fully saturated rings. The number of hydrogen-bond acceptors (Lipinski definition) is 8. The zero-order valence-corrected chi connectivity index (χ0v) is 15.5. The van der Waals surface area contributed by atoms with Gasteiger partial charge in [-0.2, -0.15) is 8.42 Å². The lowest BCUT2D eigenvalue weighted by Crippen LogP contribution is -2.48. The van der Waals surface area contributed by atoms with Crippen molar-refractivity contribution in [2.24, 2.45) is 0 Å². The van der Waals surface area contributed by atoms with Crippen LogP contribution in [0.25, 0.3) is 0 Å². The number of nitrogens with zero attached hydrogens (tertiary/aromatic N) is 1. The fraction of sp³-hybridized carbons (Fsp3) is 0.235. The maximum absolute atomic E-state index is 12.4. The van der Waals surface area contributed by atoms with E-state index >= 15 is 0 Å². The van der Waals surface area contributed by atoms with Gasteiger partial charge < -0.3 is 28.4 Å². The molecule has 0 aromatic heterocycles. The van der Waals surface area contributed by atoms with Crippen LogP contribution in [0.5, 0.6) is 23.0 Å². The summed E-state index contributed by atoms with van der Waals surface area (Å²) >= 11 is 0. The molecule has 0 aliphatic rings. The SMILES string of the molecule is CCOc1ccccc1ON(C(=O)[O-])S(=O)(=O)Oc1ccccc1OCC. The molecule has 0 aliphatic heterocycles. The van der Waals surface area contributed by atoms with Crippen molar-refractivity contribution in [2.45, 2.75) is 13.8 Å². The number of para-hydroxylation sites is 4. The first-order valence-corrected chi connectivity index (χ1v) is 9.32. The Morgan fingerprint density at radius 2 is 1.33 bits per heavy atom. The van der Waals surface area contributed by atoms with Gasteiger partial charge in [-0.25, -0.2) is 0 Å². The Hall–Kier alpha value is -3.14. The lowest BCUT2D eigenvalue weighted by molar-refractivity contribution is -0.275. The van der Waals surface area contributed by atoms with Gasteiger partial charge in [0.2, 0.25) is 0 Å². The maximum atomic E-state index is 12.4. The van der Waals surface area contributed by atoms with Crippen molar-refractivity contribution >= 4 is 16.4 Å². The number of rotatable bonds is 9. The van der Waals surface area contributed by atoms with Gasteiger partial charge in [0.1, 0.15) is 0 Å². The summed E-state index contributed by atoms with van der Waals surface area (Å²) < 4.78 is 39.9. The molecule has 0 heterocycles. The molecule has 0 radical (unpaired) electrons. The molecule has 0 unspecified atom stereocenters. The first kappa shape index (κ1) is 20.2. The van der Waals surface area contributed by atoms with E-state index in [0.717, 1.165) is 0 Å². The highest BCUT2D eigenvalue weighted by atomic mass is 32.2. The number of carbonyl (C=O) groups excluding carboxylic acids is 1.